The first-order valence-corrected chi connectivity index (χ1v) is 6.62. The molecule has 100 valence electrons. The Balaban J connectivity index is 3.03. The molecule has 18 heavy (non-hydrogen) atoms. The molecule has 0 fully saturated rings. The van der Waals surface area contributed by atoms with Gasteiger partial charge in [0.15, 0.2) is 5.78 Å². The second kappa shape index (κ2) is 5.66. The van der Waals surface area contributed by atoms with Crippen LogP contribution in [-0.4, -0.2) is 12.3 Å². The number of aryl methyl sites for hydroxylation is 1. The molecule has 0 spiro atoms. The molecule has 0 amide bonds. The van der Waals surface area contributed by atoms with Gasteiger partial charge >= 0.3 is 0 Å². The fourth-order valence-corrected chi connectivity index (χ4v) is 2.05. The smallest absolute Gasteiger partial charge is 0.165 e. The summed E-state index contributed by atoms with van der Waals surface area (Å²) in [6.07, 6.45) is 0.749. The minimum absolute atomic E-state index is 0.00851. The van der Waals surface area contributed by atoms with Crippen molar-refractivity contribution in [3.8, 4) is 0 Å². The zero-order valence-corrected chi connectivity index (χ0v) is 12.2. The maximum Gasteiger partial charge on any atom is 0.165 e. The lowest BCUT2D eigenvalue weighted by atomic mass is 9.84. The molecule has 0 radical (unpaired) electrons. The van der Waals surface area contributed by atoms with Crippen molar-refractivity contribution in [3.63, 3.8) is 0 Å². The summed E-state index contributed by atoms with van der Waals surface area (Å²) in [5.41, 5.74) is 8.80. The van der Waals surface area contributed by atoms with Gasteiger partial charge in [0.25, 0.3) is 0 Å². The third-order valence-electron chi connectivity index (χ3n) is 3.41. The van der Waals surface area contributed by atoms with E-state index >= 15 is 0 Å². The van der Waals surface area contributed by atoms with Gasteiger partial charge in [-0.3, -0.25) is 4.79 Å². The Labute approximate surface area is 111 Å². The number of hydrogen-bond donors (Lipinski definition) is 1. The van der Waals surface area contributed by atoms with Crippen LogP contribution >= 0.6 is 0 Å². The van der Waals surface area contributed by atoms with Crippen LogP contribution in [0.25, 0.3) is 0 Å². The molecule has 0 aliphatic carbocycles. The van der Waals surface area contributed by atoms with Crippen molar-refractivity contribution in [2.24, 2.45) is 11.7 Å². The lowest BCUT2D eigenvalue weighted by Gasteiger charge is -2.21. The van der Waals surface area contributed by atoms with Crippen LogP contribution in [0.15, 0.2) is 18.2 Å². The number of benzene rings is 1. The molecule has 0 aliphatic rings. The molecule has 0 aromatic heterocycles. The van der Waals surface area contributed by atoms with Gasteiger partial charge in [-0.25, -0.2) is 0 Å². The highest BCUT2D eigenvalue weighted by Gasteiger charge is 2.19. The van der Waals surface area contributed by atoms with Crippen LogP contribution in [0.3, 0.4) is 0 Å². The summed E-state index contributed by atoms with van der Waals surface area (Å²) in [6, 6.07) is 6.16. The zero-order chi connectivity index (χ0) is 13.9. The standard InChI is InChI=1S/C16H25NO/c1-11(8-9-17)15(18)14-7-6-13(10-12(14)2)16(3,4)5/h6-7,10-11H,8-9,17H2,1-5H3. The molecule has 1 rings (SSSR count). The molecule has 0 bridgehead atoms. The highest BCUT2D eigenvalue weighted by atomic mass is 16.1. The van der Waals surface area contributed by atoms with Crippen LogP contribution in [0.2, 0.25) is 0 Å². The zero-order valence-electron chi connectivity index (χ0n) is 12.2. The van der Waals surface area contributed by atoms with Gasteiger partial charge in [-0.2, -0.15) is 0 Å². The topological polar surface area (TPSA) is 43.1 Å². The fourth-order valence-electron chi connectivity index (χ4n) is 2.05. The maximum absolute atomic E-state index is 12.3. The van der Waals surface area contributed by atoms with E-state index in [1.54, 1.807) is 0 Å². The molecule has 0 aliphatic heterocycles. The van der Waals surface area contributed by atoms with Crippen LogP contribution in [0.5, 0.6) is 0 Å². The molecular formula is C16H25NO. The molecule has 1 unspecified atom stereocenters. The van der Waals surface area contributed by atoms with Gasteiger partial charge in [0, 0.05) is 11.5 Å². The molecule has 1 aromatic carbocycles. The van der Waals surface area contributed by atoms with Crippen LogP contribution in [0.4, 0.5) is 0 Å². The van der Waals surface area contributed by atoms with E-state index in [1.807, 2.05) is 19.9 Å². The summed E-state index contributed by atoms with van der Waals surface area (Å²) in [5, 5.41) is 0. The Morgan fingerprint density at radius 2 is 1.94 bits per heavy atom. The van der Waals surface area contributed by atoms with Gasteiger partial charge < -0.3 is 5.73 Å². The number of ketones is 1. The molecule has 0 heterocycles. The maximum atomic E-state index is 12.3. The van der Waals surface area contributed by atoms with Crippen molar-refractivity contribution >= 4 is 5.78 Å². The largest absolute Gasteiger partial charge is 0.330 e. The van der Waals surface area contributed by atoms with E-state index in [0.29, 0.717) is 6.54 Å². The Kier molecular flexibility index (Phi) is 4.69. The van der Waals surface area contributed by atoms with Crippen LogP contribution in [-0.2, 0) is 5.41 Å². The van der Waals surface area contributed by atoms with Gasteiger partial charge in [0.05, 0.1) is 0 Å². The average molecular weight is 247 g/mol. The number of Topliss-reactive ketones (excluding diaryl/α,β-unsaturated/α-hetero) is 1. The van der Waals surface area contributed by atoms with Gasteiger partial charge in [-0.1, -0.05) is 45.9 Å². The summed E-state index contributed by atoms with van der Waals surface area (Å²) in [4.78, 5) is 12.3. The Hall–Kier alpha value is -1.15. The van der Waals surface area contributed by atoms with Crippen molar-refractivity contribution in [1.29, 1.82) is 0 Å². The Morgan fingerprint density at radius 3 is 2.39 bits per heavy atom. The third-order valence-corrected chi connectivity index (χ3v) is 3.41. The summed E-state index contributed by atoms with van der Waals surface area (Å²) < 4.78 is 0. The lowest BCUT2D eigenvalue weighted by molar-refractivity contribution is 0.0925. The number of hydrogen-bond acceptors (Lipinski definition) is 2. The van der Waals surface area contributed by atoms with E-state index < -0.39 is 0 Å². The van der Waals surface area contributed by atoms with E-state index in [0.717, 1.165) is 17.5 Å². The Morgan fingerprint density at radius 1 is 1.33 bits per heavy atom. The van der Waals surface area contributed by atoms with E-state index in [4.69, 9.17) is 5.73 Å². The summed E-state index contributed by atoms with van der Waals surface area (Å²) in [6.45, 7) is 11.1. The van der Waals surface area contributed by atoms with Gasteiger partial charge in [-0.05, 0) is 36.4 Å². The van der Waals surface area contributed by atoms with E-state index in [2.05, 4.69) is 32.9 Å². The number of nitrogens with two attached hydrogens (primary N) is 1. The molecule has 0 saturated heterocycles. The molecule has 0 saturated carbocycles. The minimum Gasteiger partial charge on any atom is -0.330 e. The van der Waals surface area contributed by atoms with Gasteiger partial charge in [0.1, 0.15) is 0 Å². The number of carbonyl (C=O) groups is 1. The molecule has 1 aromatic rings. The van der Waals surface area contributed by atoms with E-state index in [-0.39, 0.29) is 17.1 Å². The van der Waals surface area contributed by atoms with E-state index in [9.17, 15) is 4.79 Å². The lowest BCUT2D eigenvalue weighted by Crippen LogP contribution is -2.18. The highest BCUT2D eigenvalue weighted by Crippen LogP contribution is 2.25. The van der Waals surface area contributed by atoms with Crippen molar-refractivity contribution < 1.29 is 4.79 Å². The van der Waals surface area contributed by atoms with Crippen molar-refractivity contribution in [1.82, 2.24) is 0 Å². The highest BCUT2D eigenvalue weighted by molar-refractivity contribution is 5.99. The number of carbonyl (C=O) groups excluding carboxylic acids is 1. The third kappa shape index (κ3) is 3.42. The van der Waals surface area contributed by atoms with Gasteiger partial charge in [-0.15, -0.1) is 0 Å². The van der Waals surface area contributed by atoms with Crippen LogP contribution in [0, 0.1) is 12.8 Å². The van der Waals surface area contributed by atoms with Crippen molar-refractivity contribution in [2.75, 3.05) is 6.54 Å². The predicted molar refractivity (Wildman–Crippen MR) is 77.0 cm³/mol. The molecule has 2 heteroatoms. The summed E-state index contributed by atoms with van der Waals surface area (Å²) >= 11 is 0. The molecule has 1 atom stereocenters. The SMILES string of the molecule is Cc1cc(C(C)(C)C)ccc1C(=O)C(C)CCN. The summed E-state index contributed by atoms with van der Waals surface area (Å²) in [5.74, 6) is 0.215. The van der Waals surface area contributed by atoms with Crippen molar-refractivity contribution in [2.45, 2.75) is 46.5 Å². The van der Waals surface area contributed by atoms with E-state index in [1.165, 1.54) is 5.56 Å². The Bertz CT molecular complexity index is 429. The first-order valence-electron chi connectivity index (χ1n) is 6.62. The summed E-state index contributed by atoms with van der Waals surface area (Å²) in [7, 11) is 0. The van der Waals surface area contributed by atoms with Crippen LogP contribution < -0.4 is 5.73 Å². The fraction of sp³-hybridized carbons (Fsp3) is 0.562. The first kappa shape index (κ1) is 14.9. The minimum atomic E-state index is 0.00851. The monoisotopic (exact) mass is 247 g/mol. The second-order valence-corrected chi connectivity index (χ2v) is 6.12. The molecular weight excluding hydrogens is 222 g/mol. The van der Waals surface area contributed by atoms with Crippen molar-refractivity contribution in [3.05, 3.63) is 34.9 Å². The molecule has 2 N–H and O–H groups in total. The first-order chi connectivity index (χ1) is 8.27. The average Bonchev–Trinajstić information content (AvgIpc) is 2.27. The number of rotatable bonds is 4. The predicted octanol–water partition coefficient (Wildman–Crippen LogP) is 3.46. The normalized spacial score (nSPS) is 13.4. The molecule has 2 nitrogen and oxygen atoms in total. The second-order valence-electron chi connectivity index (χ2n) is 6.12. The quantitative estimate of drug-likeness (QED) is 0.828. The van der Waals surface area contributed by atoms with Crippen LogP contribution in [0.1, 0.15) is 55.6 Å². The van der Waals surface area contributed by atoms with Gasteiger partial charge in [0.2, 0.25) is 0 Å².